The van der Waals surface area contributed by atoms with Crippen molar-refractivity contribution in [3.63, 3.8) is 0 Å². The standard InChI is InChI=1S/C27H28N6O5S/c1-38-32-26(35)23-16-33(21-11-8-18-4-3-5-19(18)14-21)25-22(24(23)34)15-28-27(31-25)30-20-9-6-17(7-10-20)12-13-29-39(2,36)37/h6-11,14-16,29H,3-5,12-13H2,1-2H3,(H,32,35)(H,28,30,31). The van der Waals surface area contributed by atoms with Crippen molar-refractivity contribution >= 4 is 38.6 Å². The molecule has 0 unspecified atom stereocenters. The largest absolute Gasteiger partial charge is 0.324 e. The molecule has 2 aromatic heterocycles. The van der Waals surface area contributed by atoms with Crippen molar-refractivity contribution in [2.45, 2.75) is 25.7 Å². The van der Waals surface area contributed by atoms with Gasteiger partial charge in [0.2, 0.25) is 21.4 Å². The first-order valence-electron chi connectivity index (χ1n) is 12.4. The number of aryl methyl sites for hydroxylation is 2. The maximum Gasteiger partial charge on any atom is 0.280 e. The zero-order valence-electron chi connectivity index (χ0n) is 21.5. The Labute approximate surface area is 225 Å². The monoisotopic (exact) mass is 548 g/mol. The third-order valence-corrected chi connectivity index (χ3v) is 7.26. The summed E-state index contributed by atoms with van der Waals surface area (Å²) in [6.45, 7) is 0.310. The van der Waals surface area contributed by atoms with E-state index in [0.717, 1.165) is 42.5 Å². The number of rotatable bonds is 9. The molecule has 1 aliphatic carbocycles. The maximum atomic E-state index is 13.2. The fraction of sp³-hybridized carbons (Fsp3) is 0.259. The number of nitrogens with zero attached hydrogens (tertiary/aromatic N) is 3. The first kappa shape index (κ1) is 26.5. The summed E-state index contributed by atoms with van der Waals surface area (Å²) in [7, 11) is -1.93. The second-order valence-corrected chi connectivity index (χ2v) is 11.2. The number of hydrogen-bond donors (Lipinski definition) is 3. The number of hydroxylamine groups is 1. The molecule has 0 atom stereocenters. The van der Waals surface area contributed by atoms with Gasteiger partial charge in [-0.3, -0.25) is 14.4 Å². The van der Waals surface area contributed by atoms with Crippen LogP contribution in [0.1, 0.15) is 33.5 Å². The molecule has 0 fully saturated rings. The van der Waals surface area contributed by atoms with E-state index in [2.05, 4.69) is 37.6 Å². The van der Waals surface area contributed by atoms with Crippen molar-refractivity contribution in [2.75, 3.05) is 25.2 Å². The fourth-order valence-corrected chi connectivity index (χ4v) is 5.12. The number of fused-ring (bicyclic) bond motifs is 2. The molecule has 5 rings (SSSR count). The highest BCUT2D eigenvalue weighted by Gasteiger charge is 2.19. The van der Waals surface area contributed by atoms with Gasteiger partial charge < -0.3 is 9.88 Å². The Kier molecular flexibility index (Phi) is 7.42. The minimum absolute atomic E-state index is 0.0879. The molecule has 0 radical (unpaired) electrons. The number of hydrogen-bond acceptors (Lipinski definition) is 8. The van der Waals surface area contributed by atoms with Crippen LogP contribution in [-0.4, -0.2) is 48.8 Å². The summed E-state index contributed by atoms with van der Waals surface area (Å²) in [4.78, 5) is 39.5. The van der Waals surface area contributed by atoms with Crippen molar-refractivity contribution in [1.82, 2.24) is 24.7 Å². The van der Waals surface area contributed by atoms with Crippen LogP contribution < -0.4 is 20.9 Å². The summed E-state index contributed by atoms with van der Waals surface area (Å²) in [5.41, 5.74) is 6.98. The van der Waals surface area contributed by atoms with Crippen LogP contribution in [0.4, 0.5) is 11.6 Å². The highest BCUT2D eigenvalue weighted by molar-refractivity contribution is 7.88. The number of amides is 1. The summed E-state index contributed by atoms with van der Waals surface area (Å²) in [6, 6.07) is 13.5. The lowest BCUT2D eigenvalue weighted by Crippen LogP contribution is -2.29. The zero-order valence-corrected chi connectivity index (χ0v) is 22.3. The number of aromatic nitrogens is 3. The second kappa shape index (κ2) is 10.9. The summed E-state index contributed by atoms with van der Waals surface area (Å²) in [5, 5.41) is 3.35. The lowest BCUT2D eigenvalue weighted by atomic mass is 10.1. The minimum Gasteiger partial charge on any atom is -0.324 e. The van der Waals surface area contributed by atoms with Gasteiger partial charge in [0.25, 0.3) is 5.91 Å². The van der Waals surface area contributed by atoms with E-state index >= 15 is 0 Å². The van der Waals surface area contributed by atoms with Gasteiger partial charge in [0.15, 0.2) is 5.65 Å². The summed E-state index contributed by atoms with van der Waals surface area (Å²) in [5.74, 6) is -0.384. The van der Waals surface area contributed by atoms with Gasteiger partial charge in [-0.25, -0.2) is 23.6 Å². The molecule has 12 heteroatoms. The number of benzene rings is 2. The highest BCUT2D eigenvalue weighted by atomic mass is 32.2. The van der Waals surface area contributed by atoms with Gasteiger partial charge in [0.1, 0.15) is 5.56 Å². The van der Waals surface area contributed by atoms with Gasteiger partial charge in [0.05, 0.1) is 18.8 Å². The summed E-state index contributed by atoms with van der Waals surface area (Å²) >= 11 is 0. The van der Waals surface area contributed by atoms with Gasteiger partial charge in [0, 0.05) is 30.3 Å². The predicted octanol–water partition coefficient (Wildman–Crippen LogP) is 2.40. The van der Waals surface area contributed by atoms with Crippen molar-refractivity contribution in [2.24, 2.45) is 0 Å². The van der Waals surface area contributed by atoms with E-state index in [4.69, 9.17) is 4.84 Å². The molecule has 1 amide bonds. The van der Waals surface area contributed by atoms with Crippen LogP contribution in [0.3, 0.4) is 0 Å². The average Bonchev–Trinajstić information content (AvgIpc) is 3.37. The summed E-state index contributed by atoms with van der Waals surface area (Å²) < 4.78 is 26.7. The van der Waals surface area contributed by atoms with E-state index in [-0.39, 0.29) is 16.9 Å². The van der Waals surface area contributed by atoms with Gasteiger partial charge >= 0.3 is 0 Å². The van der Waals surface area contributed by atoms with Crippen molar-refractivity contribution < 1.29 is 18.0 Å². The van der Waals surface area contributed by atoms with Gasteiger partial charge in [-0.15, -0.1) is 0 Å². The number of carbonyl (C=O) groups is 1. The van der Waals surface area contributed by atoms with Crippen LogP contribution in [0, 0.1) is 0 Å². The Bertz CT molecular complexity index is 1720. The van der Waals surface area contributed by atoms with Crippen LogP contribution in [0.2, 0.25) is 0 Å². The Balaban J connectivity index is 1.49. The molecule has 202 valence electrons. The molecule has 1 aliphatic rings. The van der Waals surface area contributed by atoms with Crippen LogP contribution >= 0.6 is 0 Å². The first-order chi connectivity index (χ1) is 18.7. The average molecular weight is 549 g/mol. The quantitative estimate of drug-likeness (QED) is 0.271. The minimum atomic E-state index is -3.23. The second-order valence-electron chi connectivity index (χ2n) is 9.35. The molecule has 2 aromatic carbocycles. The van der Waals surface area contributed by atoms with Crippen molar-refractivity contribution in [3.05, 3.63) is 87.3 Å². The molecule has 11 nitrogen and oxygen atoms in total. The molecular formula is C27H28N6O5S. The van der Waals surface area contributed by atoms with Crippen LogP contribution in [0.5, 0.6) is 0 Å². The molecule has 39 heavy (non-hydrogen) atoms. The molecule has 0 saturated carbocycles. The Hall–Kier alpha value is -4.13. The molecule has 4 aromatic rings. The molecule has 3 N–H and O–H groups in total. The van der Waals surface area contributed by atoms with E-state index in [1.54, 1.807) is 4.57 Å². The molecule has 0 bridgehead atoms. The van der Waals surface area contributed by atoms with Crippen molar-refractivity contribution in [1.29, 1.82) is 0 Å². The normalized spacial score (nSPS) is 12.9. The van der Waals surface area contributed by atoms with E-state index in [0.29, 0.717) is 18.6 Å². The number of anilines is 2. The number of carbonyl (C=O) groups excluding carboxylic acids is 1. The fourth-order valence-electron chi connectivity index (χ4n) is 4.65. The number of nitrogens with one attached hydrogen (secondary N) is 3. The zero-order chi connectivity index (χ0) is 27.6. The molecule has 0 saturated heterocycles. The van der Waals surface area contributed by atoms with E-state index in [1.165, 1.54) is 30.6 Å². The first-order valence-corrected chi connectivity index (χ1v) is 14.3. The topological polar surface area (TPSA) is 144 Å². The lowest BCUT2D eigenvalue weighted by molar-refractivity contribution is 0.0536. The van der Waals surface area contributed by atoms with Gasteiger partial charge in [-0.2, -0.15) is 4.98 Å². The Morgan fingerprint density at radius 3 is 2.62 bits per heavy atom. The van der Waals surface area contributed by atoms with E-state index < -0.39 is 21.4 Å². The number of pyridine rings is 1. The van der Waals surface area contributed by atoms with Crippen LogP contribution in [0.25, 0.3) is 16.7 Å². The summed E-state index contributed by atoms with van der Waals surface area (Å²) in [6.07, 6.45) is 7.66. The third-order valence-electron chi connectivity index (χ3n) is 6.53. The Morgan fingerprint density at radius 1 is 1.10 bits per heavy atom. The maximum absolute atomic E-state index is 13.2. The molecule has 0 spiro atoms. The lowest BCUT2D eigenvalue weighted by Gasteiger charge is -2.15. The smallest absolute Gasteiger partial charge is 0.280 e. The van der Waals surface area contributed by atoms with Crippen molar-refractivity contribution in [3.8, 4) is 5.69 Å². The van der Waals surface area contributed by atoms with E-state index in [1.807, 2.05) is 30.3 Å². The van der Waals surface area contributed by atoms with Gasteiger partial charge in [-0.1, -0.05) is 18.2 Å². The molecule has 2 heterocycles. The van der Waals surface area contributed by atoms with Gasteiger partial charge in [-0.05, 0) is 66.6 Å². The van der Waals surface area contributed by atoms with E-state index in [9.17, 15) is 18.0 Å². The SMILES string of the molecule is CONC(=O)c1cn(-c2ccc3c(c2)CCC3)c2nc(Nc3ccc(CCNS(C)(=O)=O)cc3)ncc2c1=O. The van der Waals surface area contributed by atoms with Crippen LogP contribution in [-0.2, 0) is 34.1 Å². The highest BCUT2D eigenvalue weighted by Crippen LogP contribution is 2.26. The van der Waals surface area contributed by atoms with Crippen LogP contribution in [0.15, 0.2) is 59.7 Å². The predicted molar refractivity (Wildman–Crippen MR) is 148 cm³/mol. The number of sulfonamides is 1. The third kappa shape index (κ3) is 5.98. The molecular weight excluding hydrogens is 520 g/mol. The Morgan fingerprint density at radius 2 is 1.87 bits per heavy atom. The molecule has 0 aliphatic heterocycles.